The number of imidazole rings is 1. The van der Waals surface area contributed by atoms with Gasteiger partial charge in [0.25, 0.3) is 5.91 Å². The summed E-state index contributed by atoms with van der Waals surface area (Å²) in [4.78, 5) is 28.7. The maximum atomic E-state index is 12.2. The summed E-state index contributed by atoms with van der Waals surface area (Å²) in [7, 11) is 0. The van der Waals surface area contributed by atoms with E-state index < -0.39 is 0 Å². The van der Waals surface area contributed by atoms with Crippen molar-refractivity contribution in [3.8, 4) is 0 Å². The minimum Gasteiger partial charge on any atom is -0.462 e. The van der Waals surface area contributed by atoms with Crippen LogP contribution in [0.1, 0.15) is 49.5 Å². The molecule has 154 valence electrons. The predicted molar refractivity (Wildman–Crippen MR) is 110 cm³/mol. The summed E-state index contributed by atoms with van der Waals surface area (Å²) in [6, 6.07) is 11.1. The zero-order chi connectivity index (χ0) is 20.6. The molecule has 0 aliphatic rings. The van der Waals surface area contributed by atoms with Gasteiger partial charge in [0.05, 0.1) is 23.4 Å². The van der Waals surface area contributed by atoms with Crippen LogP contribution in [-0.2, 0) is 22.5 Å². The van der Waals surface area contributed by atoms with Gasteiger partial charge in [-0.3, -0.25) is 9.59 Å². The van der Waals surface area contributed by atoms with Gasteiger partial charge in [-0.25, -0.2) is 4.98 Å². The number of benzene rings is 1. The van der Waals surface area contributed by atoms with E-state index in [0.29, 0.717) is 12.3 Å². The molecule has 0 fully saturated rings. The maximum absolute atomic E-state index is 12.2. The minimum absolute atomic E-state index is 0.142. The van der Waals surface area contributed by atoms with E-state index in [1.165, 1.54) is 6.26 Å². The lowest BCUT2D eigenvalue weighted by Crippen LogP contribution is -2.23. The molecule has 0 aliphatic carbocycles. The van der Waals surface area contributed by atoms with Gasteiger partial charge in [-0.1, -0.05) is 18.6 Å². The summed E-state index contributed by atoms with van der Waals surface area (Å²) in [5.74, 6) is 0.754. The van der Waals surface area contributed by atoms with Crippen LogP contribution in [0.3, 0.4) is 0 Å². The molecule has 0 spiro atoms. The smallest absolute Gasteiger partial charge is 0.326 e. The summed E-state index contributed by atoms with van der Waals surface area (Å²) in [5, 5.41) is 2.85. The van der Waals surface area contributed by atoms with Gasteiger partial charge in [0, 0.05) is 13.0 Å². The van der Waals surface area contributed by atoms with Crippen LogP contribution in [0.4, 0.5) is 0 Å². The SMILES string of the molecule is CC(C)OC(=O)Cn1c(CCCCCNC(=O)c2ccco2)nc2ccccc21. The fourth-order valence-electron chi connectivity index (χ4n) is 3.20. The van der Waals surface area contributed by atoms with Crippen LogP contribution >= 0.6 is 0 Å². The fourth-order valence-corrected chi connectivity index (χ4v) is 3.20. The molecule has 0 unspecified atom stereocenters. The van der Waals surface area contributed by atoms with Gasteiger partial charge in [0.2, 0.25) is 0 Å². The maximum Gasteiger partial charge on any atom is 0.326 e. The quantitative estimate of drug-likeness (QED) is 0.416. The first-order valence-corrected chi connectivity index (χ1v) is 10.00. The van der Waals surface area contributed by atoms with Crippen molar-refractivity contribution in [1.82, 2.24) is 14.9 Å². The second-order valence-electron chi connectivity index (χ2n) is 7.19. The van der Waals surface area contributed by atoms with Crippen molar-refractivity contribution in [2.75, 3.05) is 6.54 Å². The molecule has 3 aromatic rings. The number of aromatic nitrogens is 2. The lowest BCUT2D eigenvalue weighted by Gasteiger charge is -2.11. The van der Waals surface area contributed by atoms with Crippen LogP contribution in [-0.4, -0.2) is 34.1 Å². The monoisotopic (exact) mass is 397 g/mol. The molecule has 29 heavy (non-hydrogen) atoms. The second kappa shape index (κ2) is 9.91. The van der Waals surface area contributed by atoms with Crippen LogP contribution in [0.25, 0.3) is 11.0 Å². The number of aryl methyl sites for hydroxylation is 1. The first-order chi connectivity index (χ1) is 14.0. The van der Waals surface area contributed by atoms with Gasteiger partial charge in [0.1, 0.15) is 12.4 Å². The minimum atomic E-state index is -0.259. The molecule has 1 amide bonds. The number of carbonyl (C=O) groups excluding carboxylic acids is 2. The molecule has 2 heterocycles. The third-order valence-electron chi connectivity index (χ3n) is 4.50. The molecule has 0 atom stereocenters. The number of hydrogen-bond acceptors (Lipinski definition) is 5. The molecule has 0 radical (unpaired) electrons. The highest BCUT2D eigenvalue weighted by Crippen LogP contribution is 2.18. The van der Waals surface area contributed by atoms with Crippen molar-refractivity contribution in [2.45, 2.75) is 52.2 Å². The largest absolute Gasteiger partial charge is 0.462 e. The molecule has 1 N–H and O–H groups in total. The first kappa shape index (κ1) is 20.6. The van der Waals surface area contributed by atoms with E-state index in [0.717, 1.165) is 42.5 Å². The molecule has 7 heteroatoms. The van der Waals surface area contributed by atoms with Crippen molar-refractivity contribution in [2.24, 2.45) is 0 Å². The van der Waals surface area contributed by atoms with Gasteiger partial charge in [0.15, 0.2) is 5.76 Å². The molecule has 7 nitrogen and oxygen atoms in total. The number of nitrogens with zero attached hydrogens (tertiary/aromatic N) is 2. The van der Waals surface area contributed by atoms with E-state index in [4.69, 9.17) is 14.1 Å². The Hall–Kier alpha value is -3.09. The Labute approximate surface area is 170 Å². The highest BCUT2D eigenvalue weighted by Gasteiger charge is 2.15. The van der Waals surface area contributed by atoms with E-state index in [2.05, 4.69) is 5.32 Å². The number of para-hydroxylation sites is 2. The van der Waals surface area contributed by atoms with Crippen molar-refractivity contribution in [3.63, 3.8) is 0 Å². The molecule has 0 saturated heterocycles. The predicted octanol–water partition coefficient (Wildman–Crippen LogP) is 3.72. The summed E-state index contributed by atoms with van der Waals surface area (Å²) in [5.41, 5.74) is 1.82. The molecular formula is C22H27N3O4. The van der Waals surface area contributed by atoms with Crippen LogP contribution < -0.4 is 5.32 Å². The Bertz CT molecular complexity index is 944. The number of unbranched alkanes of at least 4 members (excludes halogenated alkanes) is 2. The van der Waals surface area contributed by atoms with E-state index in [1.807, 2.05) is 42.7 Å². The normalized spacial score (nSPS) is 11.1. The Morgan fingerprint density at radius 3 is 2.72 bits per heavy atom. The van der Waals surface area contributed by atoms with Gasteiger partial charge in [-0.2, -0.15) is 0 Å². The summed E-state index contributed by atoms with van der Waals surface area (Å²) in [6.45, 7) is 4.44. The highest BCUT2D eigenvalue weighted by atomic mass is 16.5. The summed E-state index contributed by atoms with van der Waals surface area (Å²) >= 11 is 0. The van der Waals surface area contributed by atoms with Gasteiger partial charge in [-0.05, 0) is 51.0 Å². The van der Waals surface area contributed by atoms with Gasteiger partial charge >= 0.3 is 5.97 Å². The molecule has 0 saturated carbocycles. The molecule has 0 aliphatic heterocycles. The van der Waals surface area contributed by atoms with Crippen LogP contribution in [0.2, 0.25) is 0 Å². The van der Waals surface area contributed by atoms with Crippen molar-refractivity contribution in [3.05, 3.63) is 54.2 Å². The van der Waals surface area contributed by atoms with E-state index in [9.17, 15) is 9.59 Å². The molecule has 3 rings (SSSR count). The molecule has 0 bridgehead atoms. The number of hydrogen-bond donors (Lipinski definition) is 1. The molecule has 1 aromatic carbocycles. The number of nitrogens with one attached hydrogen (secondary N) is 1. The number of carbonyl (C=O) groups is 2. The summed E-state index contributed by atoms with van der Waals surface area (Å²) in [6.07, 6.45) is 4.82. The standard InChI is InChI=1S/C22H27N3O4/c1-16(2)29-21(26)15-25-18-10-6-5-9-17(18)24-20(25)12-4-3-7-13-23-22(27)19-11-8-14-28-19/h5-6,8-11,14,16H,3-4,7,12-13,15H2,1-2H3,(H,23,27). The topological polar surface area (TPSA) is 86.4 Å². The Morgan fingerprint density at radius 2 is 1.97 bits per heavy atom. The number of ether oxygens (including phenoxy) is 1. The lowest BCUT2D eigenvalue weighted by atomic mass is 10.2. The number of esters is 1. The van der Waals surface area contributed by atoms with Crippen LogP contribution in [0, 0.1) is 0 Å². The van der Waals surface area contributed by atoms with Crippen molar-refractivity contribution in [1.29, 1.82) is 0 Å². The lowest BCUT2D eigenvalue weighted by molar-refractivity contribution is -0.148. The third-order valence-corrected chi connectivity index (χ3v) is 4.50. The van der Waals surface area contributed by atoms with E-state index in [-0.39, 0.29) is 24.5 Å². The fraction of sp³-hybridized carbons (Fsp3) is 0.409. The van der Waals surface area contributed by atoms with Gasteiger partial charge in [-0.15, -0.1) is 0 Å². The number of amides is 1. The zero-order valence-electron chi connectivity index (χ0n) is 16.9. The molecular weight excluding hydrogens is 370 g/mol. The third kappa shape index (κ3) is 5.70. The van der Waals surface area contributed by atoms with Crippen LogP contribution in [0.15, 0.2) is 47.1 Å². The second-order valence-corrected chi connectivity index (χ2v) is 7.19. The van der Waals surface area contributed by atoms with E-state index >= 15 is 0 Å². The van der Waals surface area contributed by atoms with E-state index in [1.54, 1.807) is 12.1 Å². The number of fused-ring (bicyclic) bond motifs is 1. The van der Waals surface area contributed by atoms with Crippen molar-refractivity contribution < 1.29 is 18.7 Å². The number of furan rings is 1. The first-order valence-electron chi connectivity index (χ1n) is 10.00. The van der Waals surface area contributed by atoms with Crippen molar-refractivity contribution >= 4 is 22.9 Å². The highest BCUT2D eigenvalue weighted by molar-refractivity contribution is 5.91. The summed E-state index contributed by atoms with van der Waals surface area (Å²) < 4.78 is 12.3. The Morgan fingerprint density at radius 1 is 1.14 bits per heavy atom. The molecule has 2 aromatic heterocycles. The number of rotatable bonds is 10. The average Bonchev–Trinajstić information content (AvgIpc) is 3.33. The Kier molecular flexibility index (Phi) is 7.05. The zero-order valence-corrected chi connectivity index (χ0v) is 16.9. The average molecular weight is 397 g/mol. The van der Waals surface area contributed by atoms with Crippen LogP contribution in [0.5, 0.6) is 0 Å². The van der Waals surface area contributed by atoms with Gasteiger partial charge < -0.3 is 19.0 Å². The Balaban J connectivity index is 1.52.